The molecule has 1 aliphatic rings. The maximum Gasteiger partial charge on any atom is 0.261 e. The molecule has 8 nitrogen and oxygen atoms in total. The molecule has 3 aromatic heterocycles. The Bertz CT molecular complexity index is 1080. The standard InChI is InChI=1S/C22H27N5O3S/c1-3-18-16(11-23-22(29)19-6-5-15(13-28)31-19)20(25-14-7-9-30-10-8-14)17-12-24-27(4-2)21(17)26-18/h5-6,12-14H,3-4,7-11H2,1-2H3,(H,23,29)(H,25,26). The van der Waals surface area contributed by atoms with Gasteiger partial charge in [0.1, 0.15) is 0 Å². The van der Waals surface area contributed by atoms with Gasteiger partial charge in [0.05, 0.1) is 27.0 Å². The molecule has 164 valence electrons. The molecule has 4 heterocycles. The zero-order chi connectivity index (χ0) is 21.8. The van der Waals surface area contributed by atoms with Gasteiger partial charge in [0.15, 0.2) is 11.9 Å². The van der Waals surface area contributed by atoms with Crippen molar-refractivity contribution in [1.29, 1.82) is 0 Å². The molecule has 1 amide bonds. The highest BCUT2D eigenvalue weighted by atomic mass is 32.1. The molecule has 1 saturated heterocycles. The van der Waals surface area contributed by atoms with Crippen molar-refractivity contribution in [1.82, 2.24) is 20.1 Å². The van der Waals surface area contributed by atoms with Crippen LogP contribution in [0.4, 0.5) is 5.69 Å². The molecule has 0 aromatic carbocycles. The third-order valence-electron chi connectivity index (χ3n) is 5.57. The number of amides is 1. The quantitative estimate of drug-likeness (QED) is 0.520. The molecule has 0 bridgehead atoms. The third-order valence-corrected chi connectivity index (χ3v) is 6.58. The number of aldehydes is 1. The molecule has 2 N–H and O–H groups in total. The van der Waals surface area contributed by atoms with Gasteiger partial charge in [-0.3, -0.25) is 9.59 Å². The lowest BCUT2D eigenvalue weighted by atomic mass is 10.0. The summed E-state index contributed by atoms with van der Waals surface area (Å²) in [5.74, 6) is -0.193. The molecule has 0 saturated carbocycles. The van der Waals surface area contributed by atoms with Crippen LogP contribution in [-0.4, -0.2) is 46.2 Å². The highest BCUT2D eigenvalue weighted by Crippen LogP contribution is 2.31. The Kier molecular flexibility index (Phi) is 6.62. The van der Waals surface area contributed by atoms with Crippen LogP contribution < -0.4 is 10.6 Å². The van der Waals surface area contributed by atoms with E-state index in [0.717, 1.165) is 73.3 Å². The number of anilines is 1. The van der Waals surface area contributed by atoms with Crippen molar-refractivity contribution in [3.63, 3.8) is 0 Å². The van der Waals surface area contributed by atoms with Gasteiger partial charge in [-0.25, -0.2) is 9.67 Å². The minimum absolute atomic E-state index is 0.193. The number of carbonyl (C=O) groups is 2. The van der Waals surface area contributed by atoms with Crippen LogP contribution in [0.1, 0.15) is 57.3 Å². The molecule has 1 fully saturated rings. The van der Waals surface area contributed by atoms with Gasteiger partial charge in [-0.2, -0.15) is 5.10 Å². The predicted octanol–water partition coefficient (Wildman–Crippen LogP) is 3.41. The zero-order valence-corrected chi connectivity index (χ0v) is 18.6. The summed E-state index contributed by atoms with van der Waals surface area (Å²) >= 11 is 1.19. The minimum atomic E-state index is -0.193. The first kappa shape index (κ1) is 21.5. The number of fused-ring (bicyclic) bond motifs is 1. The SMILES string of the molecule is CCc1nc2c(cnn2CC)c(NC2CCOCC2)c1CNC(=O)c1ccc(C=O)s1. The first-order chi connectivity index (χ1) is 15.1. The second kappa shape index (κ2) is 9.57. The Balaban J connectivity index is 1.68. The van der Waals surface area contributed by atoms with Crippen molar-refractivity contribution in [2.45, 2.75) is 52.2 Å². The van der Waals surface area contributed by atoms with Crippen LogP contribution in [0, 0.1) is 0 Å². The summed E-state index contributed by atoms with van der Waals surface area (Å²) in [7, 11) is 0. The number of pyridine rings is 1. The Morgan fingerprint density at radius 1 is 1.32 bits per heavy atom. The van der Waals surface area contributed by atoms with Crippen LogP contribution in [0.25, 0.3) is 11.0 Å². The lowest BCUT2D eigenvalue weighted by molar-refractivity contribution is 0.0904. The molecule has 3 aromatic rings. The molecular weight excluding hydrogens is 414 g/mol. The molecule has 1 aliphatic heterocycles. The van der Waals surface area contributed by atoms with Gasteiger partial charge in [0.25, 0.3) is 5.91 Å². The molecule has 0 aliphatic carbocycles. The van der Waals surface area contributed by atoms with Crippen LogP contribution in [0.2, 0.25) is 0 Å². The third kappa shape index (κ3) is 4.47. The van der Waals surface area contributed by atoms with E-state index in [1.807, 2.05) is 17.8 Å². The highest BCUT2D eigenvalue weighted by Gasteiger charge is 2.22. The summed E-state index contributed by atoms with van der Waals surface area (Å²) in [6, 6.07) is 3.64. The van der Waals surface area contributed by atoms with E-state index in [-0.39, 0.29) is 5.91 Å². The molecule has 9 heteroatoms. The fourth-order valence-corrected chi connectivity index (χ4v) is 4.63. The lowest BCUT2D eigenvalue weighted by Gasteiger charge is -2.26. The van der Waals surface area contributed by atoms with E-state index < -0.39 is 0 Å². The van der Waals surface area contributed by atoms with Crippen molar-refractivity contribution < 1.29 is 14.3 Å². The first-order valence-electron chi connectivity index (χ1n) is 10.7. The van der Waals surface area contributed by atoms with E-state index in [1.54, 1.807) is 12.1 Å². The number of ether oxygens (including phenoxy) is 1. The van der Waals surface area contributed by atoms with Gasteiger partial charge in [-0.1, -0.05) is 6.92 Å². The van der Waals surface area contributed by atoms with Crippen molar-refractivity contribution in [2.24, 2.45) is 0 Å². The monoisotopic (exact) mass is 441 g/mol. The number of carbonyl (C=O) groups excluding carboxylic acids is 2. The minimum Gasteiger partial charge on any atom is -0.381 e. The van der Waals surface area contributed by atoms with E-state index in [4.69, 9.17) is 9.72 Å². The van der Waals surface area contributed by atoms with Gasteiger partial charge in [-0.15, -0.1) is 11.3 Å². The second-order valence-electron chi connectivity index (χ2n) is 7.50. The van der Waals surface area contributed by atoms with E-state index >= 15 is 0 Å². The smallest absolute Gasteiger partial charge is 0.261 e. The fraction of sp³-hybridized carbons (Fsp3) is 0.455. The van der Waals surface area contributed by atoms with Gasteiger partial charge in [0, 0.05) is 43.6 Å². The van der Waals surface area contributed by atoms with E-state index in [1.165, 1.54) is 11.3 Å². The van der Waals surface area contributed by atoms with Gasteiger partial charge < -0.3 is 15.4 Å². The summed E-state index contributed by atoms with van der Waals surface area (Å²) in [4.78, 5) is 29.6. The molecule has 0 atom stereocenters. The van der Waals surface area contributed by atoms with E-state index in [0.29, 0.717) is 22.3 Å². The number of nitrogens with zero attached hydrogens (tertiary/aromatic N) is 3. The van der Waals surface area contributed by atoms with Crippen molar-refractivity contribution >= 4 is 40.3 Å². The van der Waals surface area contributed by atoms with Crippen LogP contribution in [0.3, 0.4) is 0 Å². The molecule has 0 unspecified atom stereocenters. The molecule has 31 heavy (non-hydrogen) atoms. The molecular formula is C22H27N5O3S. The Morgan fingerprint density at radius 3 is 2.81 bits per heavy atom. The summed E-state index contributed by atoms with van der Waals surface area (Å²) < 4.78 is 7.41. The largest absolute Gasteiger partial charge is 0.381 e. The van der Waals surface area contributed by atoms with Gasteiger partial charge in [0.2, 0.25) is 0 Å². The average Bonchev–Trinajstić information content (AvgIpc) is 3.45. The maximum atomic E-state index is 12.7. The summed E-state index contributed by atoms with van der Waals surface area (Å²) in [5, 5.41) is 12.2. The van der Waals surface area contributed by atoms with E-state index in [2.05, 4.69) is 22.7 Å². The van der Waals surface area contributed by atoms with Gasteiger partial charge in [-0.05, 0) is 38.3 Å². The number of hydrogen-bond acceptors (Lipinski definition) is 7. The molecule has 4 rings (SSSR count). The van der Waals surface area contributed by atoms with Crippen LogP contribution in [0.15, 0.2) is 18.3 Å². The number of rotatable bonds is 8. The van der Waals surface area contributed by atoms with Gasteiger partial charge >= 0.3 is 0 Å². The second-order valence-corrected chi connectivity index (χ2v) is 8.61. The highest BCUT2D eigenvalue weighted by molar-refractivity contribution is 7.15. The average molecular weight is 442 g/mol. The lowest BCUT2D eigenvalue weighted by Crippen LogP contribution is -2.30. The summed E-state index contributed by atoms with van der Waals surface area (Å²) in [5.41, 5.74) is 3.78. The number of nitrogens with one attached hydrogen (secondary N) is 2. The summed E-state index contributed by atoms with van der Waals surface area (Å²) in [6.45, 7) is 6.69. The Hall–Kier alpha value is -2.78. The molecule has 0 radical (unpaired) electrons. The summed E-state index contributed by atoms with van der Waals surface area (Å²) in [6.07, 6.45) is 5.22. The van der Waals surface area contributed by atoms with Crippen molar-refractivity contribution in [2.75, 3.05) is 18.5 Å². The number of aryl methyl sites for hydroxylation is 2. The normalized spacial score (nSPS) is 14.6. The van der Waals surface area contributed by atoms with Crippen molar-refractivity contribution in [3.05, 3.63) is 39.3 Å². The van der Waals surface area contributed by atoms with Crippen LogP contribution in [-0.2, 0) is 24.2 Å². The van der Waals surface area contributed by atoms with Crippen molar-refractivity contribution in [3.8, 4) is 0 Å². The maximum absolute atomic E-state index is 12.7. The Morgan fingerprint density at radius 2 is 2.13 bits per heavy atom. The number of thiophene rings is 1. The van der Waals surface area contributed by atoms with E-state index in [9.17, 15) is 9.59 Å². The zero-order valence-electron chi connectivity index (χ0n) is 17.8. The fourth-order valence-electron chi connectivity index (χ4n) is 3.89. The number of aromatic nitrogens is 3. The predicted molar refractivity (Wildman–Crippen MR) is 121 cm³/mol. The number of hydrogen-bond donors (Lipinski definition) is 2. The molecule has 0 spiro atoms. The van der Waals surface area contributed by atoms with Crippen LogP contribution in [0.5, 0.6) is 0 Å². The topological polar surface area (TPSA) is 98.1 Å². The first-order valence-corrected chi connectivity index (χ1v) is 11.5. The van der Waals surface area contributed by atoms with Crippen LogP contribution >= 0.6 is 11.3 Å². The Labute approximate surface area is 185 Å².